The first-order valence-corrected chi connectivity index (χ1v) is 9.25. The highest BCUT2D eigenvalue weighted by Crippen LogP contribution is 2.37. The summed E-state index contributed by atoms with van der Waals surface area (Å²) in [5.41, 5.74) is 6.01. The summed E-state index contributed by atoms with van der Waals surface area (Å²) in [7, 11) is 1.60. The van der Waals surface area contributed by atoms with Gasteiger partial charge in [-0.05, 0) is 36.8 Å². The molecule has 5 nitrogen and oxygen atoms in total. The van der Waals surface area contributed by atoms with E-state index in [4.69, 9.17) is 17.0 Å². The Morgan fingerprint density at radius 3 is 2.68 bits per heavy atom. The summed E-state index contributed by atoms with van der Waals surface area (Å²) in [4.78, 5) is 12.3. The second-order valence-electron chi connectivity index (χ2n) is 5.60. The predicted octanol–water partition coefficient (Wildman–Crippen LogP) is 3.48. The molecule has 1 saturated heterocycles. The summed E-state index contributed by atoms with van der Waals surface area (Å²) in [6.45, 7) is 2.04. The fourth-order valence-electron chi connectivity index (χ4n) is 2.53. The van der Waals surface area contributed by atoms with Gasteiger partial charge in [0.15, 0.2) is 5.11 Å². The summed E-state index contributed by atoms with van der Waals surface area (Å²) in [6.07, 6.45) is 0. The molecule has 1 aliphatic rings. The summed E-state index contributed by atoms with van der Waals surface area (Å²) in [6, 6.07) is 15.6. The Hall–Kier alpha value is -2.25. The molecular weight excluding hydrogens is 354 g/mol. The van der Waals surface area contributed by atoms with E-state index in [1.165, 1.54) is 5.56 Å². The third-order valence-electron chi connectivity index (χ3n) is 3.81. The third kappa shape index (κ3) is 4.05. The van der Waals surface area contributed by atoms with Crippen molar-refractivity contribution in [2.45, 2.75) is 12.3 Å². The molecule has 3 rings (SSSR count). The van der Waals surface area contributed by atoms with Gasteiger partial charge >= 0.3 is 0 Å². The van der Waals surface area contributed by atoms with Gasteiger partial charge < -0.3 is 10.1 Å². The van der Waals surface area contributed by atoms with Gasteiger partial charge in [0.05, 0.1) is 18.6 Å². The average Bonchev–Trinajstić information content (AvgIpc) is 2.97. The van der Waals surface area contributed by atoms with Crippen LogP contribution in [0.3, 0.4) is 0 Å². The number of benzene rings is 2. The number of thiocarbonyl (C=S) groups is 1. The molecule has 1 amide bonds. The topological polar surface area (TPSA) is 53.6 Å². The molecule has 2 aromatic carbocycles. The molecule has 0 aliphatic carbocycles. The van der Waals surface area contributed by atoms with Crippen LogP contribution in [0.4, 0.5) is 5.69 Å². The van der Waals surface area contributed by atoms with Gasteiger partial charge in [-0.3, -0.25) is 10.2 Å². The second kappa shape index (κ2) is 7.76. The van der Waals surface area contributed by atoms with Crippen LogP contribution in [0.5, 0.6) is 5.75 Å². The molecule has 2 aromatic rings. The largest absolute Gasteiger partial charge is 0.495 e. The van der Waals surface area contributed by atoms with Gasteiger partial charge in [0.2, 0.25) is 0 Å². The van der Waals surface area contributed by atoms with Crippen molar-refractivity contribution in [1.82, 2.24) is 10.4 Å². The lowest BCUT2D eigenvalue weighted by Gasteiger charge is -2.26. The molecule has 1 aliphatic heterocycles. The van der Waals surface area contributed by atoms with E-state index in [1.54, 1.807) is 23.9 Å². The predicted molar refractivity (Wildman–Crippen MR) is 106 cm³/mol. The van der Waals surface area contributed by atoms with Gasteiger partial charge in [-0.25, -0.2) is 5.01 Å². The average molecular weight is 374 g/mol. The highest BCUT2D eigenvalue weighted by molar-refractivity contribution is 8.00. The second-order valence-corrected chi connectivity index (χ2v) is 7.08. The lowest BCUT2D eigenvalue weighted by molar-refractivity contribution is -0.129. The van der Waals surface area contributed by atoms with Crippen LogP contribution in [0.15, 0.2) is 48.5 Å². The molecule has 1 fully saturated rings. The number of anilines is 1. The first-order chi connectivity index (χ1) is 12.1. The molecule has 0 saturated carbocycles. The quantitative estimate of drug-likeness (QED) is 0.801. The number of methoxy groups -OCH3 is 1. The van der Waals surface area contributed by atoms with Gasteiger partial charge in [-0.2, -0.15) is 0 Å². The zero-order valence-electron chi connectivity index (χ0n) is 14.0. The van der Waals surface area contributed by atoms with Gasteiger partial charge in [-0.15, -0.1) is 11.8 Å². The van der Waals surface area contributed by atoms with E-state index >= 15 is 0 Å². The highest BCUT2D eigenvalue weighted by atomic mass is 32.2. The standard InChI is InChI=1S/C18H19N3O2S2/c1-12-7-9-13(10-8-12)17-21(16(22)11-25-17)20-18(24)19-14-5-3-4-6-15(14)23-2/h3-10,17H,11H2,1-2H3,(H2,19,20,24)/t17-/m0/s1. The SMILES string of the molecule is COc1ccccc1NC(=S)NN1C(=O)CS[C@H]1c1ccc(C)cc1. The number of nitrogens with zero attached hydrogens (tertiary/aromatic N) is 1. The molecule has 0 unspecified atom stereocenters. The minimum atomic E-state index is -0.106. The Balaban J connectivity index is 1.72. The first-order valence-electron chi connectivity index (χ1n) is 7.79. The van der Waals surface area contributed by atoms with Crippen LogP contribution in [0.1, 0.15) is 16.5 Å². The number of carbonyl (C=O) groups is 1. The van der Waals surface area contributed by atoms with Gasteiger partial charge in [-0.1, -0.05) is 42.0 Å². The monoisotopic (exact) mass is 373 g/mol. The van der Waals surface area contributed by atoms with E-state index in [-0.39, 0.29) is 11.3 Å². The molecule has 25 heavy (non-hydrogen) atoms. The summed E-state index contributed by atoms with van der Waals surface area (Å²) in [5, 5.41) is 4.90. The maximum Gasteiger partial charge on any atom is 0.252 e. The summed E-state index contributed by atoms with van der Waals surface area (Å²) < 4.78 is 5.30. The van der Waals surface area contributed by atoms with E-state index in [0.717, 1.165) is 11.3 Å². The molecule has 7 heteroatoms. The number of aryl methyl sites for hydroxylation is 1. The van der Waals surface area contributed by atoms with E-state index in [2.05, 4.69) is 10.7 Å². The molecule has 1 atom stereocenters. The van der Waals surface area contributed by atoms with E-state index in [9.17, 15) is 4.79 Å². The number of hydrogen-bond donors (Lipinski definition) is 2. The molecular formula is C18H19N3O2S2. The van der Waals surface area contributed by atoms with Gasteiger partial charge in [0.25, 0.3) is 5.91 Å². The maximum atomic E-state index is 12.3. The maximum absolute atomic E-state index is 12.3. The lowest BCUT2D eigenvalue weighted by atomic mass is 10.1. The van der Waals surface area contributed by atoms with E-state index in [1.807, 2.05) is 55.5 Å². The van der Waals surface area contributed by atoms with Crippen molar-refractivity contribution in [3.8, 4) is 5.75 Å². The molecule has 1 heterocycles. The zero-order valence-corrected chi connectivity index (χ0v) is 15.6. The number of carbonyl (C=O) groups excluding carboxylic acids is 1. The van der Waals surface area contributed by atoms with Gasteiger partial charge in [0, 0.05) is 0 Å². The Kier molecular flexibility index (Phi) is 5.45. The number of ether oxygens (including phenoxy) is 1. The van der Waals surface area contributed by atoms with Crippen molar-refractivity contribution in [2.24, 2.45) is 0 Å². The highest BCUT2D eigenvalue weighted by Gasteiger charge is 2.33. The summed E-state index contributed by atoms with van der Waals surface area (Å²) >= 11 is 6.95. The summed E-state index contributed by atoms with van der Waals surface area (Å²) in [5.74, 6) is 1.10. The van der Waals surface area contributed by atoms with E-state index < -0.39 is 0 Å². The number of hydrogen-bond acceptors (Lipinski definition) is 4. The van der Waals surface area contributed by atoms with Crippen molar-refractivity contribution in [3.63, 3.8) is 0 Å². The molecule has 130 valence electrons. The fraction of sp³-hybridized carbons (Fsp3) is 0.222. The van der Waals surface area contributed by atoms with Crippen LogP contribution in [-0.2, 0) is 4.79 Å². The number of amides is 1. The first kappa shape index (κ1) is 17.6. The molecule has 0 spiro atoms. The number of nitrogens with one attached hydrogen (secondary N) is 2. The minimum Gasteiger partial charge on any atom is -0.495 e. The van der Waals surface area contributed by atoms with Crippen LogP contribution in [0, 0.1) is 6.92 Å². The van der Waals surface area contributed by atoms with Crippen molar-refractivity contribution < 1.29 is 9.53 Å². The Morgan fingerprint density at radius 2 is 1.96 bits per heavy atom. The smallest absolute Gasteiger partial charge is 0.252 e. The molecule has 0 radical (unpaired) electrons. The minimum absolute atomic E-state index is 0.000230. The van der Waals surface area contributed by atoms with Crippen LogP contribution >= 0.6 is 24.0 Å². The normalized spacial score (nSPS) is 16.6. The number of rotatable bonds is 4. The Labute approximate surface area is 156 Å². The molecule has 0 aromatic heterocycles. The lowest BCUT2D eigenvalue weighted by Crippen LogP contribution is -2.46. The zero-order chi connectivity index (χ0) is 17.8. The number of hydrazine groups is 1. The Bertz CT molecular complexity index is 780. The Morgan fingerprint density at radius 1 is 1.24 bits per heavy atom. The number of thioether (sulfide) groups is 1. The molecule has 2 N–H and O–H groups in total. The fourth-order valence-corrected chi connectivity index (χ4v) is 3.85. The van der Waals surface area contributed by atoms with Crippen LogP contribution in [0.25, 0.3) is 0 Å². The van der Waals surface area contributed by atoms with Crippen molar-refractivity contribution in [3.05, 3.63) is 59.7 Å². The van der Waals surface area contributed by atoms with E-state index in [0.29, 0.717) is 16.6 Å². The van der Waals surface area contributed by atoms with Gasteiger partial charge in [0.1, 0.15) is 11.1 Å². The molecule has 0 bridgehead atoms. The van der Waals surface area contributed by atoms with Crippen molar-refractivity contribution >= 4 is 40.7 Å². The van der Waals surface area contributed by atoms with Crippen molar-refractivity contribution in [2.75, 3.05) is 18.2 Å². The number of para-hydroxylation sites is 2. The van der Waals surface area contributed by atoms with Crippen LogP contribution < -0.4 is 15.5 Å². The third-order valence-corrected chi connectivity index (χ3v) is 5.21. The van der Waals surface area contributed by atoms with Crippen LogP contribution in [-0.4, -0.2) is 28.9 Å². The van der Waals surface area contributed by atoms with Crippen LogP contribution in [0.2, 0.25) is 0 Å². The van der Waals surface area contributed by atoms with Crippen molar-refractivity contribution in [1.29, 1.82) is 0 Å².